The average molecular weight is 478 g/mol. The van der Waals surface area contributed by atoms with Gasteiger partial charge in [-0.25, -0.2) is 4.98 Å². The van der Waals surface area contributed by atoms with Gasteiger partial charge in [0.05, 0.1) is 11.6 Å². The number of thiazole rings is 1. The average Bonchev–Trinajstić information content (AvgIpc) is 3.30. The number of guanidine groups is 1. The van der Waals surface area contributed by atoms with Crippen LogP contribution >= 0.6 is 35.3 Å². The Bertz CT molecular complexity index is 557. The summed E-state index contributed by atoms with van der Waals surface area (Å²) in [5.41, 5.74) is 1.53. The van der Waals surface area contributed by atoms with E-state index in [1.54, 1.807) is 11.3 Å². The van der Waals surface area contributed by atoms with E-state index in [4.69, 9.17) is 9.73 Å². The van der Waals surface area contributed by atoms with Crippen molar-refractivity contribution in [2.24, 2.45) is 10.4 Å². The van der Waals surface area contributed by atoms with E-state index in [0.717, 1.165) is 70.3 Å². The van der Waals surface area contributed by atoms with Crippen molar-refractivity contribution in [3.05, 3.63) is 16.1 Å². The Labute approximate surface area is 172 Å². The quantitative estimate of drug-likeness (QED) is 0.295. The molecule has 25 heavy (non-hydrogen) atoms. The third-order valence-electron chi connectivity index (χ3n) is 4.98. The van der Waals surface area contributed by atoms with Crippen LogP contribution in [0.1, 0.15) is 43.3 Å². The van der Waals surface area contributed by atoms with Crippen LogP contribution in [-0.4, -0.2) is 55.2 Å². The second-order valence-corrected chi connectivity index (χ2v) is 7.99. The lowest BCUT2D eigenvalue weighted by Crippen LogP contribution is -2.41. The molecule has 0 amide bonds. The number of ether oxygens (including phenoxy) is 1. The summed E-state index contributed by atoms with van der Waals surface area (Å²) in [6.45, 7) is 10.1. The second-order valence-electron chi connectivity index (χ2n) is 7.05. The molecule has 0 saturated carbocycles. The van der Waals surface area contributed by atoms with Crippen molar-refractivity contribution in [3.63, 3.8) is 0 Å². The van der Waals surface area contributed by atoms with Crippen LogP contribution in [-0.2, 0) is 11.2 Å². The molecule has 1 spiro atoms. The van der Waals surface area contributed by atoms with Crippen LogP contribution in [0.15, 0.2) is 10.4 Å². The van der Waals surface area contributed by atoms with Gasteiger partial charge >= 0.3 is 0 Å². The summed E-state index contributed by atoms with van der Waals surface area (Å²) in [6.07, 6.45) is 5.80. The number of halogens is 1. The van der Waals surface area contributed by atoms with Gasteiger partial charge in [-0.15, -0.1) is 35.3 Å². The van der Waals surface area contributed by atoms with Gasteiger partial charge in [0.15, 0.2) is 5.96 Å². The number of aromatic nitrogens is 1. The number of hydrogen-bond acceptors (Lipinski definition) is 4. The van der Waals surface area contributed by atoms with Gasteiger partial charge < -0.3 is 15.0 Å². The largest absolute Gasteiger partial charge is 0.381 e. The van der Waals surface area contributed by atoms with E-state index in [1.165, 1.54) is 17.8 Å². The van der Waals surface area contributed by atoms with Gasteiger partial charge in [-0.2, -0.15) is 0 Å². The number of nitrogens with one attached hydrogen (secondary N) is 1. The van der Waals surface area contributed by atoms with Crippen LogP contribution in [0, 0.1) is 12.3 Å². The molecule has 2 aliphatic rings. The minimum Gasteiger partial charge on any atom is -0.381 e. The van der Waals surface area contributed by atoms with Gasteiger partial charge in [0, 0.05) is 49.3 Å². The van der Waals surface area contributed by atoms with Crippen molar-refractivity contribution in [2.75, 3.05) is 39.4 Å². The lowest BCUT2D eigenvalue weighted by Gasteiger charge is -2.25. The molecule has 1 aromatic rings. The zero-order chi connectivity index (χ0) is 16.8. The van der Waals surface area contributed by atoms with Crippen molar-refractivity contribution in [1.29, 1.82) is 0 Å². The number of nitrogens with zero attached hydrogens (tertiary/aromatic N) is 3. The van der Waals surface area contributed by atoms with Crippen LogP contribution in [0.3, 0.4) is 0 Å². The SMILES string of the molecule is CCNC(=NCCCCc1nc(C)cs1)N1CCC2(CCOC2)C1.I. The van der Waals surface area contributed by atoms with Gasteiger partial charge in [0.25, 0.3) is 0 Å². The maximum Gasteiger partial charge on any atom is 0.193 e. The first kappa shape index (κ1) is 20.9. The van der Waals surface area contributed by atoms with Crippen molar-refractivity contribution in [1.82, 2.24) is 15.2 Å². The van der Waals surface area contributed by atoms with Gasteiger partial charge in [0.1, 0.15) is 0 Å². The number of hydrogen-bond donors (Lipinski definition) is 1. The molecule has 0 aromatic carbocycles. The Kier molecular flexibility index (Phi) is 8.41. The number of aliphatic imine (C=N–C) groups is 1. The van der Waals surface area contributed by atoms with Crippen molar-refractivity contribution >= 4 is 41.3 Å². The summed E-state index contributed by atoms with van der Waals surface area (Å²) >= 11 is 1.77. The highest BCUT2D eigenvalue weighted by Crippen LogP contribution is 2.38. The fourth-order valence-corrected chi connectivity index (χ4v) is 4.42. The van der Waals surface area contributed by atoms with Gasteiger partial charge in [0.2, 0.25) is 0 Å². The first-order chi connectivity index (χ1) is 11.7. The predicted molar refractivity (Wildman–Crippen MR) is 115 cm³/mol. The highest BCUT2D eigenvalue weighted by Gasteiger charge is 2.42. The molecule has 1 unspecified atom stereocenters. The lowest BCUT2D eigenvalue weighted by molar-refractivity contribution is 0.156. The van der Waals surface area contributed by atoms with Crippen molar-refractivity contribution in [2.45, 2.75) is 46.0 Å². The highest BCUT2D eigenvalue weighted by molar-refractivity contribution is 14.0. The minimum absolute atomic E-state index is 0. The molecule has 1 N–H and O–H groups in total. The Balaban J connectivity index is 0.00000225. The Morgan fingerprint density at radius 3 is 3.00 bits per heavy atom. The lowest BCUT2D eigenvalue weighted by atomic mass is 9.87. The summed E-state index contributed by atoms with van der Waals surface area (Å²) in [5, 5.41) is 6.85. The minimum atomic E-state index is 0. The highest BCUT2D eigenvalue weighted by atomic mass is 127. The maximum absolute atomic E-state index is 5.64. The summed E-state index contributed by atoms with van der Waals surface area (Å²) in [5.74, 6) is 1.09. The smallest absolute Gasteiger partial charge is 0.193 e. The van der Waals surface area contributed by atoms with Crippen molar-refractivity contribution in [3.8, 4) is 0 Å². The normalized spacial score (nSPS) is 23.3. The first-order valence-electron chi connectivity index (χ1n) is 9.23. The maximum atomic E-state index is 5.64. The van der Waals surface area contributed by atoms with Gasteiger partial charge in [-0.3, -0.25) is 4.99 Å². The number of aryl methyl sites for hydroxylation is 2. The molecule has 142 valence electrons. The second kappa shape index (κ2) is 10.1. The van der Waals surface area contributed by atoms with Crippen molar-refractivity contribution < 1.29 is 4.74 Å². The standard InChI is InChI=1S/C18H30N4OS.HI/c1-3-19-17(22-10-7-18(13-22)8-11-23-14-18)20-9-5-4-6-16-21-15(2)12-24-16;/h12H,3-11,13-14H2,1-2H3,(H,19,20);1H. The Morgan fingerprint density at radius 1 is 1.44 bits per heavy atom. The summed E-state index contributed by atoms with van der Waals surface area (Å²) in [4.78, 5) is 11.8. The molecule has 0 aliphatic carbocycles. The number of unbranched alkanes of at least 4 members (excludes halogenated alkanes) is 1. The first-order valence-corrected chi connectivity index (χ1v) is 10.1. The Morgan fingerprint density at radius 2 is 2.32 bits per heavy atom. The zero-order valence-corrected chi connectivity index (χ0v) is 18.6. The van der Waals surface area contributed by atoms with E-state index in [2.05, 4.69) is 34.4 Å². The van der Waals surface area contributed by atoms with Crippen LogP contribution in [0.5, 0.6) is 0 Å². The van der Waals surface area contributed by atoms with E-state index in [0.29, 0.717) is 5.41 Å². The predicted octanol–water partition coefficient (Wildman–Crippen LogP) is 3.47. The monoisotopic (exact) mass is 478 g/mol. The summed E-state index contributed by atoms with van der Waals surface area (Å²) in [7, 11) is 0. The zero-order valence-electron chi connectivity index (χ0n) is 15.4. The Hall–Kier alpha value is -0.410. The summed E-state index contributed by atoms with van der Waals surface area (Å²) < 4.78 is 5.64. The van der Waals surface area contributed by atoms with E-state index >= 15 is 0 Å². The number of rotatable bonds is 6. The van der Waals surface area contributed by atoms with Crippen LogP contribution in [0.25, 0.3) is 0 Å². The molecule has 5 nitrogen and oxygen atoms in total. The van der Waals surface area contributed by atoms with Gasteiger partial charge in [-0.1, -0.05) is 0 Å². The fourth-order valence-electron chi connectivity index (χ4n) is 3.60. The van der Waals surface area contributed by atoms with Gasteiger partial charge in [-0.05, 0) is 46.0 Å². The van der Waals surface area contributed by atoms with Crippen LogP contribution in [0.2, 0.25) is 0 Å². The third kappa shape index (κ3) is 5.79. The molecule has 2 aliphatic heterocycles. The molecular weight excluding hydrogens is 447 g/mol. The van der Waals surface area contributed by atoms with E-state index in [-0.39, 0.29) is 24.0 Å². The molecule has 2 fully saturated rings. The fraction of sp³-hybridized carbons (Fsp3) is 0.778. The molecule has 1 aromatic heterocycles. The molecule has 3 heterocycles. The van der Waals surface area contributed by atoms with Crippen LogP contribution in [0.4, 0.5) is 0 Å². The third-order valence-corrected chi connectivity index (χ3v) is 6.01. The van der Waals surface area contributed by atoms with E-state index < -0.39 is 0 Å². The molecule has 2 saturated heterocycles. The van der Waals surface area contributed by atoms with E-state index in [9.17, 15) is 0 Å². The molecule has 7 heteroatoms. The molecule has 3 rings (SSSR count). The summed E-state index contributed by atoms with van der Waals surface area (Å²) in [6, 6.07) is 0. The number of likely N-dealkylation sites (tertiary alicyclic amines) is 1. The van der Waals surface area contributed by atoms with E-state index in [1.807, 2.05) is 0 Å². The topological polar surface area (TPSA) is 49.8 Å². The molecule has 0 bridgehead atoms. The van der Waals surface area contributed by atoms with Crippen LogP contribution < -0.4 is 5.32 Å². The molecule has 0 radical (unpaired) electrons. The molecular formula is C18H31IN4OS. The molecule has 1 atom stereocenters.